The second-order valence-electron chi connectivity index (χ2n) is 9.74. The van der Waals surface area contributed by atoms with Crippen LogP contribution in [0.15, 0.2) is 12.2 Å². The quantitative estimate of drug-likeness (QED) is 0.0826. The van der Waals surface area contributed by atoms with Crippen LogP contribution >= 0.6 is 0 Å². The van der Waals surface area contributed by atoms with Gasteiger partial charge in [-0.25, -0.2) is 14.4 Å². The fraction of sp³-hybridized carbons (Fsp3) is 0.821. The Hall–Kier alpha value is -1.89. The van der Waals surface area contributed by atoms with E-state index >= 15 is 0 Å². The molecule has 0 amide bonds. The van der Waals surface area contributed by atoms with Gasteiger partial charge in [-0.2, -0.15) is 0 Å². The molecule has 3 N–H and O–H groups in total. The Kier molecular flexibility index (Phi) is 18.3. The molecule has 204 valence electrons. The van der Waals surface area contributed by atoms with Crippen molar-refractivity contribution in [1.29, 1.82) is 0 Å². The zero-order chi connectivity index (χ0) is 26.7. The maximum absolute atomic E-state index is 12.2. The lowest BCUT2D eigenvalue weighted by atomic mass is 9.94. The van der Waals surface area contributed by atoms with Crippen molar-refractivity contribution in [3.63, 3.8) is 0 Å². The van der Waals surface area contributed by atoms with Crippen molar-refractivity contribution in [2.24, 2.45) is 0 Å². The summed E-state index contributed by atoms with van der Waals surface area (Å²) in [5.41, 5.74) is 0. The molecule has 0 aliphatic heterocycles. The van der Waals surface area contributed by atoms with Crippen LogP contribution in [-0.2, 0) is 14.4 Å². The summed E-state index contributed by atoms with van der Waals surface area (Å²) in [6.45, 7) is 7.57. The molecule has 0 heterocycles. The molecule has 7 heteroatoms. The number of allylic oxidation sites excluding steroid dienone is 2. The molecule has 0 fully saturated rings. The number of carbonyl (C=O) groups is 3. The summed E-state index contributed by atoms with van der Waals surface area (Å²) in [6, 6.07) is -3.21. The van der Waals surface area contributed by atoms with Crippen LogP contribution in [0.5, 0.6) is 0 Å². The Bertz CT molecular complexity index is 578. The third kappa shape index (κ3) is 11.1. The molecule has 35 heavy (non-hydrogen) atoms. The summed E-state index contributed by atoms with van der Waals surface area (Å²) in [5.74, 6) is -3.37. The number of hydrogen-bond acceptors (Lipinski definition) is 3. The maximum Gasteiger partial charge on any atom is 0.362 e. The molecule has 7 nitrogen and oxygen atoms in total. The van der Waals surface area contributed by atoms with Gasteiger partial charge < -0.3 is 15.3 Å². The molecule has 0 saturated heterocycles. The topological polar surface area (TPSA) is 112 Å². The van der Waals surface area contributed by atoms with Gasteiger partial charge in [0, 0.05) is 19.3 Å². The van der Waals surface area contributed by atoms with E-state index in [1.807, 2.05) is 0 Å². The van der Waals surface area contributed by atoms with E-state index in [2.05, 4.69) is 19.1 Å². The van der Waals surface area contributed by atoms with E-state index in [9.17, 15) is 29.7 Å². The molecule has 0 rings (SSSR count). The molecule has 0 spiro atoms. The minimum atomic E-state index is -1.12. The summed E-state index contributed by atoms with van der Waals surface area (Å²) in [4.78, 5) is 36.6. The minimum Gasteiger partial charge on any atom is -0.477 e. The molecule has 3 atom stereocenters. The first-order valence-electron chi connectivity index (χ1n) is 13.9. The molecule has 0 aromatic rings. The largest absolute Gasteiger partial charge is 0.477 e. The lowest BCUT2D eigenvalue weighted by molar-refractivity contribution is -0.973. The Morgan fingerprint density at radius 2 is 0.914 bits per heavy atom. The van der Waals surface area contributed by atoms with Crippen molar-refractivity contribution in [3.05, 3.63) is 12.2 Å². The minimum absolute atomic E-state index is 0.185. The second kappa shape index (κ2) is 19.3. The highest BCUT2D eigenvalue weighted by molar-refractivity contribution is 5.78. The van der Waals surface area contributed by atoms with Gasteiger partial charge in [0.1, 0.15) is 0 Å². The molecule has 0 aromatic heterocycles. The third-order valence-corrected chi connectivity index (χ3v) is 7.31. The summed E-state index contributed by atoms with van der Waals surface area (Å²) in [7, 11) is 0. The van der Waals surface area contributed by atoms with Crippen molar-refractivity contribution in [1.82, 2.24) is 0 Å². The van der Waals surface area contributed by atoms with Crippen molar-refractivity contribution in [2.75, 3.05) is 6.54 Å². The third-order valence-electron chi connectivity index (χ3n) is 7.31. The van der Waals surface area contributed by atoms with Crippen molar-refractivity contribution < 1.29 is 34.2 Å². The fourth-order valence-electron chi connectivity index (χ4n) is 5.56. The predicted octanol–water partition coefficient (Wildman–Crippen LogP) is 6.65. The molecular formula is C28H52NO6+. The lowest BCUT2D eigenvalue weighted by Crippen LogP contribution is -2.72. The van der Waals surface area contributed by atoms with E-state index in [1.54, 1.807) is 20.8 Å². The number of unbranched alkanes of at least 4 members (excludes halogenated alkanes) is 10. The second-order valence-corrected chi connectivity index (χ2v) is 9.74. The van der Waals surface area contributed by atoms with E-state index in [4.69, 9.17) is 0 Å². The number of hydrogen-bond donors (Lipinski definition) is 3. The number of carboxylic acid groups (broad SMARTS) is 3. The average molecular weight is 499 g/mol. The van der Waals surface area contributed by atoms with Crippen LogP contribution < -0.4 is 0 Å². The summed E-state index contributed by atoms with van der Waals surface area (Å²) < 4.78 is -0.419. The van der Waals surface area contributed by atoms with E-state index in [0.717, 1.165) is 25.7 Å². The molecule has 0 aliphatic rings. The molecule has 3 unspecified atom stereocenters. The SMILES string of the molecule is CCCCCCCCC/C=C/CCCCC[N+](C(CC)C(=O)O)(C(CC)C(=O)O)C(CC)C(=O)O. The van der Waals surface area contributed by atoms with Crippen LogP contribution in [0.1, 0.15) is 124 Å². The molecule has 0 radical (unpaired) electrons. The first kappa shape index (κ1) is 33.1. The molecule has 0 bridgehead atoms. The molecule has 0 saturated carbocycles. The first-order chi connectivity index (χ1) is 16.7. The molecular weight excluding hydrogens is 446 g/mol. The highest BCUT2D eigenvalue weighted by Gasteiger charge is 2.55. The van der Waals surface area contributed by atoms with Crippen LogP contribution in [0.3, 0.4) is 0 Å². The van der Waals surface area contributed by atoms with Crippen LogP contribution in [0.2, 0.25) is 0 Å². The Morgan fingerprint density at radius 1 is 0.571 bits per heavy atom. The zero-order valence-corrected chi connectivity index (χ0v) is 22.7. The average Bonchev–Trinajstić information content (AvgIpc) is 2.79. The van der Waals surface area contributed by atoms with E-state index < -0.39 is 40.5 Å². The molecule has 0 aliphatic carbocycles. The van der Waals surface area contributed by atoms with Gasteiger partial charge in [-0.3, -0.25) is 4.48 Å². The maximum atomic E-state index is 12.2. The van der Waals surface area contributed by atoms with Gasteiger partial charge in [0.25, 0.3) is 0 Å². The molecule has 0 aromatic carbocycles. The summed E-state index contributed by atoms with van der Waals surface area (Å²) in [6.07, 6.45) is 18.4. The number of rotatable bonds is 23. The van der Waals surface area contributed by atoms with E-state index in [-0.39, 0.29) is 25.8 Å². The monoisotopic (exact) mass is 498 g/mol. The zero-order valence-electron chi connectivity index (χ0n) is 22.7. The van der Waals surface area contributed by atoms with Crippen LogP contribution in [-0.4, -0.2) is 62.4 Å². The Morgan fingerprint density at radius 3 is 1.26 bits per heavy atom. The first-order valence-corrected chi connectivity index (χ1v) is 13.9. The summed E-state index contributed by atoms with van der Waals surface area (Å²) >= 11 is 0. The van der Waals surface area contributed by atoms with Gasteiger partial charge in [0.05, 0.1) is 6.54 Å². The Labute approximate surface area is 213 Å². The predicted molar refractivity (Wildman–Crippen MR) is 140 cm³/mol. The van der Waals surface area contributed by atoms with Crippen molar-refractivity contribution in [2.45, 2.75) is 142 Å². The normalized spacial score (nSPS) is 16.0. The van der Waals surface area contributed by atoms with Crippen LogP contribution in [0.25, 0.3) is 0 Å². The van der Waals surface area contributed by atoms with Crippen LogP contribution in [0, 0.1) is 0 Å². The van der Waals surface area contributed by atoms with Gasteiger partial charge >= 0.3 is 17.9 Å². The van der Waals surface area contributed by atoms with Gasteiger partial charge in [-0.05, 0) is 38.5 Å². The standard InChI is InChI=1S/C28H51NO6/c1-5-9-10-11-12-13-14-15-16-17-18-19-20-21-22-29(23(6-2)26(30)31,24(7-3)27(32)33)25(8-4)28(34)35/h16-17,23-25H,5-15,18-22H2,1-4H3,(H2-,30,31,32,33,34,35)/p+1/b17-16+. The number of carboxylic acids is 3. The van der Waals surface area contributed by atoms with Gasteiger partial charge in [0.2, 0.25) is 0 Å². The highest BCUT2D eigenvalue weighted by Crippen LogP contribution is 2.32. The van der Waals surface area contributed by atoms with Gasteiger partial charge in [0.15, 0.2) is 18.1 Å². The highest BCUT2D eigenvalue weighted by atomic mass is 16.4. The van der Waals surface area contributed by atoms with E-state index in [1.165, 1.54) is 44.9 Å². The summed E-state index contributed by atoms with van der Waals surface area (Å²) in [5, 5.41) is 29.9. The number of nitrogens with zero attached hydrogens (tertiary/aromatic N) is 1. The van der Waals surface area contributed by atoms with E-state index in [0.29, 0.717) is 6.42 Å². The van der Waals surface area contributed by atoms with Crippen LogP contribution in [0.4, 0.5) is 0 Å². The van der Waals surface area contributed by atoms with Crippen molar-refractivity contribution in [3.8, 4) is 0 Å². The number of quaternary nitrogens is 1. The Balaban J connectivity index is 5.03. The lowest BCUT2D eigenvalue weighted by Gasteiger charge is -2.49. The smallest absolute Gasteiger partial charge is 0.362 e. The number of aliphatic carboxylic acids is 3. The van der Waals surface area contributed by atoms with Crippen molar-refractivity contribution >= 4 is 17.9 Å². The fourth-order valence-corrected chi connectivity index (χ4v) is 5.56. The van der Waals surface area contributed by atoms with Gasteiger partial charge in [-0.15, -0.1) is 0 Å². The van der Waals surface area contributed by atoms with Gasteiger partial charge in [-0.1, -0.05) is 78.4 Å².